The van der Waals surface area contributed by atoms with E-state index in [4.69, 9.17) is 14.5 Å². The molecule has 1 aromatic heterocycles. The van der Waals surface area contributed by atoms with Gasteiger partial charge in [-0.2, -0.15) is 5.10 Å². The third-order valence-corrected chi connectivity index (χ3v) is 4.99. The molecule has 1 aliphatic rings. The normalized spacial score (nSPS) is 13.5. The number of fused-ring (bicyclic) bond motifs is 1. The number of hydrogen-bond acceptors (Lipinski definition) is 4. The Bertz CT molecular complexity index is 984. The van der Waals surface area contributed by atoms with Crippen LogP contribution in [0.4, 0.5) is 0 Å². The van der Waals surface area contributed by atoms with Gasteiger partial charge in [0.1, 0.15) is 0 Å². The van der Waals surface area contributed by atoms with Crippen LogP contribution in [0.2, 0.25) is 0 Å². The molecule has 31 heavy (non-hydrogen) atoms. The number of hydrogen-bond donors (Lipinski definition) is 2. The summed E-state index contributed by atoms with van der Waals surface area (Å²) < 4.78 is 13.3. The standard InChI is InChI=1S/C24H29N5O2/c1-2-25-24(27-18-20-7-10-22-23(17-20)31-16-4-15-30-22)26-13-11-19-5-8-21(9-6-19)29-14-3-12-28-29/h3,5-10,12,14,17H,2,4,11,13,15-16,18H2,1H3,(H2,25,26,27). The van der Waals surface area contributed by atoms with Gasteiger partial charge in [0.25, 0.3) is 0 Å². The second-order valence-electron chi connectivity index (χ2n) is 7.32. The minimum Gasteiger partial charge on any atom is -0.490 e. The number of guanidine groups is 1. The molecule has 0 atom stereocenters. The number of nitrogens with one attached hydrogen (secondary N) is 2. The highest BCUT2D eigenvalue weighted by Gasteiger charge is 2.10. The maximum atomic E-state index is 5.78. The Labute approximate surface area is 183 Å². The summed E-state index contributed by atoms with van der Waals surface area (Å²) in [7, 11) is 0. The topological polar surface area (TPSA) is 72.7 Å². The van der Waals surface area contributed by atoms with E-state index in [9.17, 15) is 0 Å². The number of ether oxygens (including phenoxy) is 2. The molecule has 0 fully saturated rings. The quantitative estimate of drug-likeness (QED) is 0.454. The molecule has 0 aliphatic carbocycles. The smallest absolute Gasteiger partial charge is 0.191 e. The van der Waals surface area contributed by atoms with Gasteiger partial charge < -0.3 is 20.1 Å². The van der Waals surface area contributed by atoms with Gasteiger partial charge in [-0.3, -0.25) is 0 Å². The van der Waals surface area contributed by atoms with Gasteiger partial charge in [0.15, 0.2) is 17.5 Å². The van der Waals surface area contributed by atoms with Crippen molar-refractivity contribution < 1.29 is 9.47 Å². The Hall–Kier alpha value is -3.48. The largest absolute Gasteiger partial charge is 0.490 e. The third kappa shape index (κ3) is 5.78. The van der Waals surface area contributed by atoms with Crippen LogP contribution >= 0.6 is 0 Å². The summed E-state index contributed by atoms with van der Waals surface area (Å²) in [4.78, 5) is 4.72. The molecule has 4 rings (SSSR count). The van der Waals surface area contributed by atoms with Crippen LogP contribution in [0.5, 0.6) is 11.5 Å². The van der Waals surface area contributed by atoms with Gasteiger partial charge in [-0.15, -0.1) is 0 Å². The van der Waals surface area contributed by atoms with Gasteiger partial charge in [-0.05, 0) is 54.8 Å². The molecule has 0 amide bonds. The molecule has 0 radical (unpaired) electrons. The summed E-state index contributed by atoms with van der Waals surface area (Å²) in [5, 5.41) is 11.0. The molecule has 7 nitrogen and oxygen atoms in total. The van der Waals surface area contributed by atoms with Crippen LogP contribution < -0.4 is 20.1 Å². The first-order chi connectivity index (χ1) is 15.3. The zero-order valence-corrected chi connectivity index (χ0v) is 17.9. The Morgan fingerprint density at radius 1 is 1.03 bits per heavy atom. The third-order valence-electron chi connectivity index (χ3n) is 4.99. The van der Waals surface area contributed by atoms with Crippen molar-refractivity contribution in [1.82, 2.24) is 20.4 Å². The molecule has 7 heteroatoms. The molecule has 0 saturated carbocycles. The van der Waals surface area contributed by atoms with E-state index in [1.165, 1.54) is 5.56 Å². The van der Waals surface area contributed by atoms with E-state index >= 15 is 0 Å². The minimum atomic E-state index is 0.574. The first kappa shape index (κ1) is 20.8. The molecular weight excluding hydrogens is 390 g/mol. The molecule has 162 valence electrons. The second kappa shape index (κ2) is 10.5. The van der Waals surface area contributed by atoms with Crippen molar-refractivity contribution in [2.45, 2.75) is 26.3 Å². The van der Waals surface area contributed by atoms with Gasteiger partial charge in [-0.1, -0.05) is 18.2 Å². The van der Waals surface area contributed by atoms with E-state index in [-0.39, 0.29) is 0 Å². The van der Waals surface area contributed by atoms with Crippen LogP contribution in [0.25, 0.3) is 5.69 Å². The van der Waals surface area contributed by atoms with E-state index in [0.29, 0.717) is 19.8 Å². The van der Waals surface area contributed by atoms with Crippen LogP contribution in [0.15, 0.2) is 65.9 Å². The van der Waals surface area contributed by atoms with Crippen molar-refractivity contribution in [3.63, 3.8) is 0 Å². The second-order valence-corrected chi connectivity index (χ2v) is 7.32. The van der Waals surface area contributed by atoms with Crippen molar-refractivity contribution in [3.8, 4) is 17.2 Å². The minimum absolute atomic E-state index is 0.574. The Balaban J connectivity index is 1.31. The lowest BCUT2D eigenvalue weighted by molar-refractivity contribution is 0.297. The summed E-state index contributed by atoms with van der Waals surface area (Å²) in [6.07, 6.45) is 5.54. The highest BCUT2D eigenvalue weighted by Crippen LogP contribution is 2.30. The highest BCUT2D eigenvalue weighted by molar-refractivity contribution is 5.79. The van der Waals surface area contributed by atoms with Gasteiger partial charge in [0.05, 0.1) is 25.4 Å². The molecule has 0 bridgehead atoms. The fourth-order valence-electron chi connectivity index (χ4n) is 3.38. The van der Waals surface area contributed by atoms with E-state index in [1.54, 1.807) is 6.20 Å². The predicted octanol–water partition coefficient (Wildman–Crippen LogP) is 3.33. The van der Waals surface area contributed by atoms with Crippen molar-refractivity contribution in [2.24, 2.45) is 4.99 Å². The maximum Gasteiger partial charge on any atom is 0.191 e. The summed E-state index contributed by atoms with van der Waals surface area (Å²) >= 11 is 0. The Morgan fingerprint density at radius 2 is 1.84 bits per heavy atom. The van der Waals surface area contributed by atoms with Crippen LogP contribution in [0.1, 0.15) is 24.5 Å². The highest BCUT2D eigenvalue weighted by atomic mass is 16.5. The molecule has 2 aromatic carbocycles. The SMILES string of the molecule is CCNC(=NCc1ccc2c(c1)OCCCO2)NCCc1ccc(-n2cccn2)cc1. The number of rotatable bonds is 7. The lowest BCUT2D eigenvalue weighted by Crippen LogP contribution is -2.38. The monoisotopic (exact) mass is 419 g/mol. The molecule has 1 aliphatic heterocycles. The zero-order valence-electron chi connectivity index (χ0n) is 17.9. The molecule has 0 unspecified atom stereocenters. The van der Waals surface area contributed by atoms with E-state index in [0.717, 1.165) is 54.6 Å². The number of aliphatic imine (C=N–C) groups is 1. The van der Waals surface area contributed by atoms with Gasteiger partial charge in [0, 0.05) is 31.9 Å². The molecular formula is C24H29N5O2. The molecule has 0 spiro atoms. The first-order valence-electron chi connectivity index (χ1n) is 10.8. The average molecular weight is 420 g/mol. The van der Waals surface area contributed by atoms with Crippen LogP contribution in [0.3, 0.4) is 0 Å². The Morgan fingerprint density at radius 3 is 2.61 bits per heavy atom. The van der Waals surface area contributed by atoms with Crippen molar-refractivity contribution in [1.29, 1.82) is 0 Å². The fourth-order valence-corrected chi connectivity index (χ4v) is 3.38. The average Bonchev–Trinajstić information content (AvgIpc) is 3.23. The fraction of sp³-hybridized carbons (Fsp3) is 0.333. The van der Waals surface area contributed by atoms with Crippen molar-refractivity contribution >= 4 is 5.96 Å². The van der Waals surface area contributed by atoms with Crippen molar-refractivity contribution in [2.75, 3.05) is 26.3 Å². The molecule has 3 aromatic rings. The van der Waals surface area contributed by atoms with Gasteiger partial charge in [-0.25, -0.2) is 9.67 Å². The zero-order chi connectivity index (χ0) is 21.3. The van der Waals surface area contributed by atoms with Gasteiger partial charge >= 0.3 is 0 Å². The van der Waals surface area contributed by atoms with Crippen LogP contribution in [0, 0.1) is 0 Å². The van der Waals surface area contributed by atoms with E-state index in [1.807, 2.05) is 35.1 Å². The van der Waals surface area contributed by atoms with E-state index < -0.39 is 0 Å². The lowest BCUT2D eigenvalue weighted by atomic mass is 10.1. The summed E-state index contributed by atoms with van der Waals surface area (Å²) in [6.45, 7) is 5.64. The number of nitrogens with zero attached hydrogens (tertiary/aromatic N) is 3. The summed E-state index contributed by atoms with van der Waals surface area (Å²) in [5.41, 5.74) is 3.42. The molecule has 2 heterocycles. The van der Waals surface area contributed by atoms with Crippen molar-refractivity contribution in [3.05, 3.63) is 72.1 Å². The van der Waals surface area contributed by atoms with Crippen LogP contribution in [-0.2, 0) is 13.0 Å². The van der Waals surface area contributed by atoms with E-state index in [2.05, 4.69) is 46.9 Å². The molecule has 2 N–H and O–H groups in total. The van der Waals surface area contributed by atoms with Crippen LogP contribution in [-0.4, -0.2) is 42.0 Å². The number of benzene rings is 2. The predicted molar refractivity (Wildman–Crippen MR) is 122 cm³/mol. The lowest BCUT2D eigenvalue weighted by Gasteiger charge is -2.12. The summed E-state index contributed by atoms with van der Waals surface area (Å²) in [6, 6.07) is 16.4. The maximum absolute atomic E-state index is 5.78. The summed E-state index contributed by atoms with van der Waals surface area (Å²) in [5.74, 6) is 2.43. The first-order valence-corrected chi connectivity index (χ1v) is 10.8. The van der Waals surface area contributed by atoms with Gasteiger partial charge in [0.2, 0.25) is 0 Å². The number of aromatic nitrogens is 2. The Kier molecular flexibility index (Phi) is 7.05. The molecule has 0 saturated heterocycles.